The molecule has 4 nitrogen and oxygen atoms in total. The van der Waals surface area contributed by atoms with Gasteiger partial charge < -0.3 is 9.84 Å². The van der Waals surface area contributed by atoms with Gasteiger partial charge in [-0.25, -0.2) is 0 Å². The summed E-state index contributed by atoms with van der Waals surface area (Å²) < 4.78 is 5.31. The minimum Gasteiger partial charge on any atom is -0.395 e. The van der Waals surface area contributed by atoms with Crippen molar-refractivity contribution in [3.8, 4) is 0 Å². The van der Waals surface area contributed by atoms with Crippen molar-refractivity contribution in [3.05, 3.63) is 35.9 Å². The van der Waals surface area contributed by atoms with Crippen molar-refractivity contribution in [1.82, 2.24) is 4.90 Å². The van der Waals surface area contributed by atoms with E-state index < -0.39 is 0 Å². The second kappa shape index (κ2) is 6.64. The van der Waals surface area contributed by atoms with Gasteiger partial charge >= 0.3 is 0 Å². The van der Waals surface area contributed by atoms with Gasteiger partial charge in [-0.15, -0.1) is 0 Å². The molecule has 1 aromatic carbocycles. The molecule has 1 aromatic rings. The van der Waals surface area contributed by atoms with Gasteiger partial charge in [-0.1, -0.05) is 30.3 Å². The molecule has 18 heavy (non-hydrogen) atoms. The van der Waals surface area contributed by atoms with Gasteiger partial charge in [0.05, 0.1) is 25.9 Å². The summed E-state index contributed by atoms with van der Waals surface area (Å²) in [6.45, 7) is 2.78. The van der Waals surface area contributed by atoms with E-state index >= 15 is 0 Å². The van der Waals surface area contributed by atoms with Gasteiger partial charge in [-0.3, -0.25) is 9.69 Å². The van der Waals surface area contributed by atoms with Crippen molar-refractivity contribution in [2.75, 3.05) is 32.9 Å². The van der Waals surface area contributed by atoms with Gasteiger partial charge in [0.25, 0.3) is 0 Å². The summed E-state index contributed by atoms with van der Waals surface area (Å²) in [6, 6.07) is 9.36. The Balaban J connectivity index is 1.85. The summed E-state index contributed by atoms with van der Waals surface area (Å²) in [5.74, 6) is 0.152. The molecular weight excluding hydrogens is 230 g/mol. The Hall–Kier alpha value is -1.23. The molecule has 0 spiro atoms. The number of rotatable bonds is 5. The van der Waals surface area contributed by atoms with Gasteiger partial charge in [-0.2, -0.15) is 0 Å². The van der Waals surface area contributed by atoms with Gasteiger partial charge in [0, 0.05) is 25.1 Å². The van der Waals surface area contributed by atoms with Crippen LogP contribution in [0.2, 0.25) is 0 Å². The second-order valence-corrected chi connectivity index (χ2v) is 4.49. The molecule has 1 aliphatic rings. The first kappa shape index (κ1) is 13.2. The van der Waals surface area contributed by atoms with Crippen molar-refractivity contribution in [3.63, 3.8) is 0 Å². The van der Waals surface area contributed by atoms with E-state index in [1.165, 1.54) is 0 Å². The fourth-order valence-corrected chi connectivity index (χ4v) is 2.17. The van der Waals surface area contributed by atoms with Gasteiger partial charge in [-0.05, 0) is 0 Å². The van der Waals surface area contributed by atoms with Crippen LogP contribution in [0.1, 0.15) is 16.8 Å². The van der Waals surface area contributed by atoms with Crippen LogP contribution in [0.4, 0.5) is 0 Å². The summed E-state index contributed by atoms with van der Waals surface area (Å²) in [6.07, 6.45) is 0.487. The Morgan fingerprint density at radius 3 is 2.89 bits per heavy atom. The molecule has 0 saturated carbocycles. The number of carbonyl (C=O) groups is 1. The highest BCUT2D eigenvalue weighted by atomic mass is 16.5. The third kappa shape index (κ3) is 3.38. The molecule has 1 aliphatic heterocycles. The maximum Gasteiger partial charge on any atom is 0.164 e. The highest BCUT2D eigenvalue weighted by Gasteiger charge is 2.22. The summed E-state index contributed by atoms with van der Waals surface area (Å²) in [4.78, 5) is 14.1. The topological polar surface area (TPSA) is 49.8 Å². The first-order valence-corrected chi connectivity index (χ1v) is 6.32. The maximum atomic E-state index is 12.0. The van der Waals surface area contributed by atoms with E-state index in [-0.39, 0.29) is 18.4 Å². The largest absolute Gasteiger partial charge is 0.395 e. The Labute approximate surface area is 107 Å². The molecule has 1 heterocycles. The predicted octanol–water partition coefficient (Wildman–Crippen LogP) is 0.952. The summed E-state index contributed by atoms with van der Waals surface area (Å²) >= 11 is 0. The van der Waals surface area contributed by atoms with Crippen molar-refractivity contribution in [2.45, 2.75) is 12.5 Å². The zero-order valence-electron chi connectivity index (χ0n) is 10.4. The number of aliphatic hydroxyl groups is 1. The predicted molar refractivity (Wildman–Crippen MR) is 68.7 cm³/mol. The van der Waals surface area contributed by atoms with Crippen LogP contribution in [0.25, 0.3) is 0 Å². The number of benzene rings is 1. The summed E-state index contributed by atoms with van der Waals surface area (Å²) in [5.41, 5.74) is 0.756. The van der Waals surface area contributed by atoms with E-state index in [9.17, 15) is 9.90 Å². The number of nitrogens with zero attached hydrogens (tertiary/aromatic N) is 1. The van der Waals surface area contributed by atoms with E-state index in [2.05, 4.69) is 4.90 Å². The van der Waals surface area contributed by atoms with Crippen molar-refractivity contribution in [1.29, 1.82) is 0 Å². The van der Waals surface area contributed by atoms with Gasteiger partial charge in [0.1, 0.15) is 0 Å². The van der Waals surface area contributed by atoms with Crippen molar-refractivity contribution in [2.24, 2.45) is 0 Å². The average molecular weight is 249 g/mol. The summed E-state index contributed by atoms with van der Waals surface area (Å²) in [5, 5.41) is 9.24. The normalized spacial score (nSPS) is 20.8. The molecule has 0 amide bonds. The van der Waals surface area contributed by atoms with E-state index in [4.69, 9.17) is 4.74 Å². The Morgan fingerprint density at radius 2 is 2.17 bits per heavy atom. The minimum absolute atomic E-state index is 0.0299. The third-order valence-corrected chi connectivity index (χ3v) is 3.28. The number of Topliss-reactive ketones (excluding diaryl/α,β-unsaturated/α-hetero) is 1. The number of hydrogen-bond donors (Lipinski definition) is 1. The van der Waals surface area contributed by atoms with Crippen LogP contribution in [0.3, 0.4) is 0 Å². The fourth-order valence-electron chi connectivity index (χ4n) is 2.17. The maximum absolute atomic E-state index is 12.0. The van der Waals surface area contributed by atoms with E-state index in [0.717, 1.165) is 12.1 Å². The standard InChI is InChI=1S/C14H19NO3/c16-10-13-11-18-9-8-15(13)7-6-14(17)12-4-2-1-3-5-12/h1-5,13,16H,6-11H2. The molecule has 2 rings (SSSR count). The van der Waals surface area contributed by atoms with Crippen LogP contribution in [-0.2, 0) is 4.74 Å². The lowest BCUT2D eigenvalue weighted by Gasteiger charge is -2.34. The van der Waals surface area contributed by atoms with Crippen LogP contribution in [-0.4, -0.2) is 54.7 Å². The highest BCUT2D eigenvalue weighted by molar-refractivity contribution is 5.96. The number of ketones is 1. The highest BCUT2D eigenvalue weighted by Crippen LogP contribution is 2.09. The van der Waals surface area contributed by atoms with Crippen LogP contribution < -0.4 is 0 Å². The molecule has 98 valence electrons. The Kier molecular flexibility index (Phi) is 4.87. The van der Waals surface area contributed by atoms with Crippen molar-refractivity contribution < 1.29 is 14.6 Å². The molecule has 0 bridgehead atoms. The number of carbonyl (C=O) groups excluding carboxylic acids is 1. The number of ether oxygens (including phenoxy) is 1. The van der Waals surface area contributed by atoms with Gasteiger partial charge in [0.2, 0.25) is 0 Å². The van der Waals surface area contributed by atoms with Crippen LogP contribution in [0, 0.1) is 0 Å². The Morgan fingerprint density at radius 1 is 1.39 bits per heavy atom. The monoisotopic (exact) mass is 249 g/mol. The lowest BCUT2D eigenvalue weighted by Crippen LogP contribution is -2.48. The van der Waals surface area contributed by atoms with E-state index in [1.54, 1.807) is 0 Å². The zero-order valence-corrected chi connectivity index (χ0v) is 10.4. The third-order valence-electron chi connectivity index (χ3n) is 3.28. The van der Waals surface area contributed by atoms with Crippen LogP contribution >= 0.6 is 0 Å². The number of aliphatic hydroxyl groups excluding tert-OH is 1. The number of morpholine rings is 1. The summed E-state index contributed by atoms with van der Waals surface area (Å²) in [7, 11) is 0. The lowest BCUT2D eigenvalue weighted by molar-refractivity contribution is -0.0270. The molecule has 1 N–H and O–H groups in total. The number of hydrogen-bond acceptors (Lipinski definition) is 4. The lowest BCUT2D eigenvalue weighted by atomic mass is 10.1. The Bertz CT molecular complexity index is 380. The van der Waals surface area contributed by atoms with Crippen LogP contribution in [0.15, 0.2) is 30.3 Å². The van der Waals surface area contributed by atoms with Crippen molar-refractivity contribution >= 4 is 5.78 Å². The zero-order chi connectivity index (χ0) is 12.8. The second-order valence-electron chi connectivity index (χ2n) is 4.49. The van der Waals surface area contributed by atoms with E-state index in [0.29, 0.717) is 26.2 Å². The molecule has 1 fully saturated rings. The minimum atomic E-state index is 0.0299. The fraction of sp³-hybridized carbons (Fsp3) is 0.500. The molecule has 1 atom stereocenters. The SMILES string of the molecule is O=C(CCN1CCOCC1CO)c1ccccc1. The molecule has 0 radical (unpaired) electrons. The first-order chi connectivity index (χ1) is 8.81. The quantitative estimate of drug-likeness (QED) is 0.789. The molecule has 1 unspecified atom stereocenters. The van der Waals surface area contributed by atoms with Gasteiger partial charge in [0.15, 0.2) is 5.78 Å². The van der Waals surface area contributed by atoms with E-state index in [1.807, 2.05) is 30.3 Å². The molecule has 0 aliphatic carbocycles. The molecule has 0 aromatic heterocycles. The smallest absolute Gasteiger partial charge is 0.164 e. The molecule has 1 saturated heterocycles. The average Bonchev–Trinajstić information content (AvgIpc) is 2.46. The first-order valence-electron chi connectivity index (χ1n) is 6.32. The molecular formula is C14H19NO3. The molecule has 4 heteroatoms. The van der Waals surface area contributed by atoms with Crippen LogP contribution in [0.5, 0.6) is 0 Å².